The van der Waals surface area contributed by atoms with Gasteiger partial charge in [0, 0.05) is 19.3 Å². The lowest BCUT2D eigenvalue weighted by atomic mass is 10.2. The highest BCUT2D eigenvalue weighted by Gasteiger charge is 2.24. The first-order valence-corrected chi connectivity index (χ1v) is 9.96. The Kier molecular flexibility index (Phi) is 4.94. The number of carbonyl (C=O) groups excluding carboxylic acids is 1. The van der Waals surface area contributed by atoms with E-state index in [9.17, 15) is 9.59 Å². The summed E-state index contributed by atoms with van der Waals surface area (Å²) in [5.74, 6) is -0.227. The molecule has 1 aromatic carbocycles. The Labute approximate surface area is 164 Å². The third kappa shape index (κ3) is 3.09. The molecule has 146 valence electrons. The van der Waals surface area contributed by atoms with Crippen LogP contribution in [-0.4, -0.2) is 19.8 Å². The van der Waals surface area contributed by atoms with Crippen LogP contribution < -0.4 is 10.9 Å². The molecule has 4 rings (SSSR count). The summed E-state index contributed by atoms with van der Waals surface area (Å²) in [6.45, 7) is 1.99. The van der Waals surface area contributed by atoms with Gasteiger partial charge < -0.3 is 9.88 Å². The third-order valence-electron chi connectivity index (χ3n) is 5.69. The Balaban J connectivity index is 1.70. The fraction of sp³-hybridized carbons (Fsp3) is 0.364. The summed E-state index contributed by atoms with van der Waals surface area (Å²) in [6.07, 6.45) is 7.21. The molecule has 0 atom stereocenters. The van der Waals surface area contributed by atoms with Gasteiger partial charge in [-0.15, -0.1) is 0 Å². The predicted octanol–water partition coefficient (Wildman–Crippen LogP) is 3.91. The summed E-state index contributed by atoms with van der Waals surface area (Å²) in [5.41, 5.74) is 2.35. The van der Waals surface area contributed by atoms with Crippen molar-refractivity contribution in [2.24, 2.45) is 7.05 Å². The van der Waals surface area contributed by atoms with Crippen molar-refractivity contribution in [1.29, 1.82) is 0 Å². The topological polar surface area (TPSA) is 61.0 Å². The molecule has 0 radical (unpaired) electrons. The number of anilines is 1. The number of hydrogen-bond donors (Lipinski definition) is 1. The molecule has 0 unspecified atom stereocenters. The van der Waals surface area contributed by atoms with Crippen LogP contribution in [0.25, 0.3) is 5.69 Å². The quantitative estimate of drug-likeness (QED) is 0.732. The van der Waals surface area contributed by atoms with Crippen LogP contribution in [0.4, 0.5) is 5.69 Å². The number of nitrogens with one attached hydrogen (secondary N) is 1. The Hall–Kier alpha value is -3.02. The lowest BCUT2D eigenvalue weighted by molar-refractivity contribution is 0.101. The van der Waals surface area contributed by atoms with E-state index < -0.39 is 0 Å². The number of para-hydroxylation sites is 1. The van der Waals surface area contributed by atoms with E-state index in [0.717, 1.165) is 24.2 Å². The number of benzene rings is 1. The van der Waals surface area contributed by atoms with Crippen molar-refractivity contribution in [1.82, 2.24) is 13.9 Å². The molecule has 1 saturated carbocycles. The first-order valence-electron chi connectivity index (χ1n) is 9.96. The van der Waals surface area contributed by atoms with Gasteiger partial charge in [0.05, 0.1) is 11.4 Å². The number of amides is 1. The maximum absolute atomic E-state index is 13.1. The van der Waals surface area contributed by atoms with Crippen LogP contribution in [0.2, 0.25) is 0 Å². The van der Waals surface area contributed by atoms with Crippen LogP contribution in [-0.2, 0) is 13.5 Å². The van der Waals surface area contributed by atoms with Gasteiger partial charge in [0.25, 0.3) is 11.5 Å². The SMILES string of the molecule is CCc1c(NC(=O)c2cccn2C2CCCC2)c(=O)n(-c2ccccc2)n1C. The zero-order valence-corrected chi connectivity index (χ0v) is 16.4. The smallest absolute Gasteiger partial charge is 0.295 e. The minimum absolute atomic E-state index is 0.210. The zero-order valence-electron chi connectivity index (χ0n) is 16.4. The molecule has 2 heterocycles. The lowest BCUT2D eigenvalue weighted by Crippen LogP contribution is -2.24. The van der Waals surface area contributed by atoms with E-state index in [-0.39, 0.29) is 11.5 Å². The highest BCUT2D eigenvalue weighted by molar-refractivity contribution is 6.03. The van der Waals surface area contributed by atoms with Gasteiger partial charge in [-0.05, 0) is 43.5 Å². The van der Waals surface area contributed by atoms with E-state index >= 15 is 0 Å². The average Bonchev–Trinajstić information content (AvgIpc) is 3.43. The van der Waals surface area contributed by atoms with E-state index in [0.29, 0.717) is 23.8 Å². The molecular formula is C22H26N4O2. The van der Waals surface area contributed by atoms with Crippen LogP contribution in [0.1, 0.15) is 54.8 Å². The second kappa shape index (κ2) is 7.54. The number of hydrogen-bond acceptors (Lipinski definition) is 2. The Morgan fingerprint density at radius 1 is 1.11 bits per heavy atom. The summed E-state index contributed by atoms with van der Waals surface area (Å²) >= 11 is 0. The summed E-state index contributed by atoms with van der Waals surface area (Å²) < 4.78 is 5.49. The molecule has 0 bridgehead atoms. The van der Waals surface area contributed by atoms with E-state index in [1.807, 2.05) is 67.3 Å². The molecule has 3 aromatic rings. The lowest BCUT2D eigenvalue weighted by Gasteiger charge is -2.15. The number of rotatable bonds is 5. The monoisotopic (exact) mass is 378 g/mol. The predicted molar refractivity (Wildman–Crippen MR) is 110 cm³/mol. The first-order chi connectivity index (χ1) is 13.6. The van der Waals surface area contributed by atoms with Crippen molar-refractivity contribution in [3.05, 3.63) is 70.4 Å². The van der Waals surface area contributed by atoms with Crippen LogP contribution in [0.3, 0.4) is 0 Å². The summed E-state index contributed by atoms with van der Waals surface area (Å²) in [6, 6.07) is 13.6. The highest BCUT2D eigenvalue weighted by Crippen LogP contribution is 2.31. The summed E-state index contributed by atoms with van der Waals surface area (Å²) in [5, 5.41) is 2.91. The second-order valence-corrected chi connectivity index (χ2v) is 7.34. The molecule has 6 nitrogen and oxygen atoms in total. The first kappa shape index (κ1) is 18.3. The van der Waals surface area contributed by atoms with Gasteiger partial charge in [-0.1, -0.05) is 38.0 Å². The molecule has 6 heteroatoms. The van der Waals surface area contributed by atoms with E-state index in [1.54, 1.807) is 4.68 Å². The minimum atomic E-state index is -0.227. The Morgan fingerprint density at radius 2 is 1.82 bits per heavy atom. The normalized spacial score (nSPS) is 14.5. The van der Waals surface area contributed by atoms with E-state index in [4.69, 9.17) is 0 Å². The molecule has 0 aliphatic heterocycles. The van der Waals surface area contributed by atoms with Gasteiger partial charge >= 0.3 is 0 Å². The van der Waals surface area contributed by atoms with Crippen molar-refractivity contribution in [3.63, 3.8) is 0 Å². The molecular weight excluding hydrogens is 352 g/mol. The van der Waals surface area contributed by atoms with Gasteiger partial charge in [0.15, 0.2) is 0 Å². The van der Waals surface area contributed by atoms with Crippen molar-refractivity contribution >= 4 is 11.6 Å². The van der Waals surface area contributed by atoms with Crippen LogP contribution in [0, 0.1) is 0 Å². The van der Waals surface area contributed by atoms with Gasteiger partial charge in [0.2, 0.25) is 0 Å². The molecule has 1 N–H and O–H groups in total. The largest absolute Gasteiger partial charge is 0.340 e. The maximum atomic E-state index is 13.1. The Bertz CT molecular complexity index is 1040. The molecule has 0 saturated heterocycles. The molecule has 1 aliphatic carbocycles. The summed E-state index contributed by atoms with van der Waals surface area (Å²) in [7, 11) is 1.85. The standard InChI is InChI=1S/C22H26N4O2/c1-3-18-20(22(28)26(24(18)2)17-12-5-4-6-13-17)23-21(27)19-14-9-15-25(19)16-10-7-8-11-16/h4-6,9,12-16H,3,7-8,10-11H2,1-2H3,(H,23,27). The van der Waals surface area contributed by atoms with Crippen molar-refractivity contribution in [2.45, 2.75) is 45.1 Å². The highest BCUT2D eigenvalue weighted by atomic mass is 16.2. The average molecular weight is 378 g/mol. The Morgan fingerprint density at radius 3 is 2.50 bits per heavy atom. The maximum Gasteiger partial charge on any atom is 0.295 e. The van der Waals surface area contributed by atoms with E-state index in [2.05, 4.69) is 9.88 Å². The van der Waals surface area contributed by atoms with Crippen molar-refractivity contribution in [3.8, 4) is 5.69 Å². The number of aromatic nitrogens is 3. The third-order valence-corrected chi connectivity index (χ3v) is 5.69. The van der Waals surface area contributed by atoms with Gasteiger partial charge in [-0.3, -0.25) is 14.3 Å². The van der Waals surface area contributed by atoms with E-state index in [1.165, 1.54) is 12.8 Å². The second-order valence-electron chi connectivity index (χ2n) is 7.34. The van der Waals surface area contributed by atoms with Crippen LogP contribution in [0.5, 0.6) is 0 Å². The fourth-order valence-corrected chi connectivity index (χ4v) is 4.30. The number of nitrogens with zero attached hydrogens (tertiary/aromatic N) is 3. The molecule has 1 amide bonds. The molecule has 0 spiro atoms. The van der Waals surface area contributed by atoms with Crippen LogP contribution in [0.15, 0.2) is 53.5 Å². The van der Waals surface area contributed by atoms with Crippen molar-refractivity contribution in [2.75, 3.05) is 5.32 Å². The molecule has 2 aromatic heterocycles. The van der Waals surface area contributed by atoms with Gasteiger partial charge in [-0.2, -0.15) is 0 Å². The van der Waals surface area contributed by atoms with Crippen molar-refractivity contribution < 1.29 is 4.79 Å². The summed E-state index contributed by atoms with van der Waals surface area (Å²) in [4.78, 5) is 26.2. The van der Waals surface area contributed by atoms with Crippen LogP contribution >= 0.6 is 0 Å². The minimum Gasteiger partial charge on any atom is -0.340 e. The number of carbonyl (C=O) groups is 1. The van der Waals surface area contributed by atoms with Gasteiger partial charge in [-0.25, -0.2) is 4.68 Å². The molecule has 1 fully saturated rings. The zero-order chi connectivity index (χ0) is 19.7. The van der Waals surface area contributed by atoms with Gasteiger partial charge in [0.1, 0.15) is 11.4 Å². The molecule has 1 aliphatic rings. The molecule has 28 heavy (non-hydrogen) atoms. The fourth-order valence-electron chi connectivity index (χ4n) is 4.30.